The van der Waals surface area contributed by atoms with Crippen molar-refractivity contribution in [3.05, 3.63) is 21.6 Å². The summed E-state index contributed by atoms with van der Waals surface area (Å²) in [5.41, 5.74) is 0. The van der Waals surface area contributed by atoms with Crippen molar-refractivity contribution in [1.29, 1.82) is 0 Å². The van der Waals surface area contributed by atoms with Gasteiger partial charge in [0.2, 0.25) is 0 Å². The first-order valence-corrected chi connectivity index (χ1v) is 6.83. The van der Waals surface area contributed by atoms with Gasteiger partial charge in [-0.25, -0.2) is 0 Å². The molecule has 0 heterocycles. The predicted octanol–water partition coefficient (Wildman–Crippen LogP) is 1.37. The zero-order valence-electron chi connectivity index (χ0n) is 9.90. The minimum absolute atomic E-state index is 0.250. The molecule has 0 bridgehead atoms. The maximum absolute atomic E-state index is 7.57. The summed E-state index contributed by atoms with van der Waals surface area (Å²) in [6, 6.07) is 0. The Balaban J connectivity index is -0.000000140. The third kappa shape index (κ3) is 40.7. The van der Waals surface area contributed by atoms with Gasteiger partial charge in [-0.2, -0.15) is 0 Å². The van der Waals surface area contributed by atoms with Crippen molar-refractivity contribution in [2.75, 3.05) is 19.8 Å². The van der Waals surface area contributed by atoms with Crippen molar-refractivity contribution in [2.45, 2.75) is 27.2 Å². The standard InChI is InChI=1S/C5H5.3C2H6O.Hf/c1-2-4-5-3-1;3*1-2-3;/h1-3H,4H2;3*3H,2H2,1H3;. The van der Waals surface area contributed by atoms with Gasteiger partial charge in [0, 0.05) is 19.8 Å². The molecule has 3 nitrogen and oxygen atoms in total. The molecule has 0 aliphatic heterocycles. The van der Waals surface area contributed by atoms with E-state index in [9.17, 15) is 0 Å². The number of hydrogen-bond donors (Lipinski definition) is 3. The molecule has 0 amide bonds. The number of aliphatic hydroxyl groups excluding tert-OH is 3. The van der Waals surface area contributed by atoms with Gasteiger partial charge >= 0.3 is 52.4 Å². The summed E-state index contributed by atoms with van der Waals surface area (Å²) < 4.78 is 1.61. The molecule has 1 rings (SSSR count). The zero-order chi connectivity index (χ0) is 12.5. The van der Waals surface area contributed by atoms with E-state index in [0.717, 1.165) is 0 Å². The van der Waals surface area contributed by atoms with Crippen LogP contribution in [0, 0.1) is 0 Å². The van der Waals surface area contributed by atoms with Crippen LogP contribution < -0.4 is 0 Å². The van der Waals surface area contributed by atoms with E-state index in [0.29, 0.717) is 0 Å². The van der Waals surface area contributed by atoms with Gasteiger partial charge < -0.3 is 15.3 Å². The van der Waals surface area contributed by atoms with E-state index in [4.69, 9.17) is 15.3 Å². The van der Waals surface area contributed by atoms with Crippen LogP contribution in [0.1, 0.15) is 27.2 Å². The normalized spacial score (nSPS) is 10.9. The Kier molecular flexibility index (Phi) is 32.7. The Morgan fingerprint density at radius 3 is 1.47 bits per heavy atom. The summed E-state index contributed by atoms with van der Waals surface area (Å²) in [6.45, 7) is 5.79. The Morgan fingerprint density at radius 2 is 1.40 bits per heavy atom. The van der Waals surface area contributed by atoms with Gasteiger partial charge in [-0.15, -0.1) is 0 Å². The second-order valence-corrected chi connectivity index (χ2v) is 4.58. The molecule has 0 saturated carbocycles. The van der Waals surface area contributed by atoms with E-state index in [1.807, 2.05) is 0 Å². The van der Waals surface area contributed by atoms with Gasteiger partial charge in [-0.05, 0) is 20.8 Å². The predicted molar refractivity (Wildman–Crippen MR) is 60.1 cm³/mol. The van der Waals surface area contributed by atoms with Crippen molar-refractivity contribution < 1.29 is 39.7 Å². The average molecular weight is 382 g/mol. The topological polar surface area (TPSA) is 60.7 Å². The fourth-order valence-corrected chi connectivity index (χ4v) is 1.22. The zero-order valence-corrected chi connectivity index (χ0v) is 13.5. The molecule has 0 atom stereocenters. The van der Waals surface area contributed by atoms with Gasteiger partial charge in [0.05, 0.1) is 0 Å². The summed E-state index contributed by atoms with van der Waals surface area (Å²) in [6.07, 6.45) is 7.75. The van der Waals surface area contributed by atoms with Gasteiger partial charge in [-0.3, -0.25) is 0 Å². The van der Waals surface area contributed by atoms with Crippen LogP contribution in [0.3, 0.4) is 0 Å². The van der Waals surface area contributed by atoms with E-state index in [1.165, 1.54) is 30.8 Å². The number of rotatable bonds is 0. The van der Waals surface area contributed by atoms with Crippen LogP contribution in [0.25, 0.3) is 0 Å². The van der Waals surface area contributed by atoms with Crippen LogP contribution >= 0.6 is 0 Å². The molecule has 0 fully saturated rings. The van der Waals surface area contributed by atoms with Gasteiger partial charge in [0.25, 0.3) is 0 Å². The van der Waals surface area contributed by atoms with Crippen LogP contribution in [-0.4, -0.2) is 35.1 Å². The maximum atomic E-state index is 7.57. The SMILES string of the molecule is CCO.CCO.CCO.[Hf][C]1=CC=CC1. The van der Waals surface area contributed by atoms with Crippen LogP contribution in [-0.2, 0) is 24.4 Å². The molecule has 89 valence electrons. The summed E-state index contributed by atoms with van der Waals surface area (Å²) in [5, 5.41) is 22.7. The second kappa shape index (κ2) is 23.8. The van der Waals surface area contributed by atoms with Crippen LogP contribution in [0.15, 0.2) is 21.6 Å². The van der Waals surface area contributed by atoms with E-state index in [1.54, 1.807) is 24.1 Å². The first kappa shape index (κ1) is 20.6. The number of aliphatic hydroxyl groups is 3. The van der Waals surface area contributed by atoms with E-state index in [2.05, 4.69) is 18.2 Å². The molecule has 1 aliphatic carbocycles. The Bertz CT molecular complexity index is 140. The van der Waals surface area contributed by atoms with Gasteiger partial charge in [-0.1, -0.05) is 0 Å². The Hall–Kier alpha value is 0.230. The van der Waals surface area contributed by atoms with Crippen molar-refractivity contribution in [1.82, 2.24) is 0 Å². The fraction of sp³-hybridized carbons (Fsp3) is 0.636. The fourth-order valence-electron chi connectivity index (χ4n) is 0.447. The molecule has 0 aromatic carbocycles. The number of hydrogen-bond acceptors (Lipinski definition) is 3. The summed E-state index contributed by atoms with van der Waals surface area (Å²) in [7, 11) is 0. The average Bonchev–Trinajstić information content (AvgIpc) is 2.60. The molecular formula is C11H23HfO3. The molecule has 15 heavy (non-hydrogen) atoms. The molecule has 0 saturated heterocycles. The third-order valence-corrected chi connectivity index (χ3v) is 2.10. The molecule has 1 aliphatic rings. The van der Waals surface area contributed by atoms with Crippen LogP contribution in [0.4, 0.5) is 0 Å². The van der Waals surface area contributed by atoms with Gasteiger partial charge in [0.1, 0.15) is 0 Å². The molecule has 0 spiro atoms. The molecule has 0 aromatic rings. The van der Waals surface area contributed by atoms with E-state index < -0.39 is 0 Å². The van der Waals surface area contributed by atoms with Crippen molar-refractivity contribution >= 4 is 0 Å². The van der Waals surface area contributed by atoms with E-state index >= 15 is 0 Å². The summed E-state index contributed by atoms with van der Waals surface area (Å²) in [5.74, 6) is 0. The summed E-state index contributed by atoms with van der Waals surface area (Å²) >= 11 is 1.25. The summed E-state index contributed by atoms with van der Waals surface area (Å²) in [4.78, 5) is 0. The molecular weight excluding hydrogens is 359 g/mol. The first-order chi connectivity index (χ1) is 7.14. The molecule has 0 unspecified atom stereocenters. The monoisotopic (exact) mass is 383 g/mol. The molecule has 4 heteroatoms. The van der Waals surface area contributed by atoms with Crippen LogP contribution in [0.5, 0.6) is 0 Å². The first-order valence-electron chi connectivity index (χ1n) is 5.04. The Morgan fingerprint density at radius 1 is 1.07 bits per heavy atom. The van der Waals surface area contributed by atoms with Crippen molar-refractivity contribution in [2.24, 2.45) is 0 Å². The van der Waals surface area contributed by atoms with Crippen LogP contribution in [0.2, 0.25) is 0 Å². The van der Waals surface area contributed by atoms with Crippen molar-refractivity contribution in [3.63, 3.8) is 0 Å². The quantitative estimate of drug-likeness (QED) is 0.555. The third-order valence-electron chi connectivity index (χ3n) is 0.771. The second-order valence-electron chi connectivity index (χ2n) is 2.27. The van der Waals surface area contributed by atoms with Crippen molar-refractivity contribution in [3.8, 4) is 0 Å². The minimum atomic E-state index is 0.250. The molecule has 0 aromatic heterocycles. The molecule has 3 N–H and O–H groups in total. The molecule has 0 radical (unpaired) electrons. The van der Waals surface area contributed by atoms with E-state index in [-0.39, 0.29) is 19.8 Å². The van der Waals surface area contributed by atoms with Gasteiger partial charge in [0.15, 0.2) is 0 Å². The Labute approximate surface area is 108 Å². The number of allylic oxidation sites excluding steroid dienone is 4.